The van der Waals surface area contributed by atoms with E-state index in [2.05, 4.69) is 9.97 Å². The van der Waals surface area contributed by atoms with E-state index in [9.17, 15) is 4.79 Å². The molecular formula is C7H10N4O2. The van der Waals surface area contributed by atoms with Crippen LogP contribution in [0.2, 0.25) is 0 Å². The molecule has 0 spiro atoms. The van der Waals surface area contributed by atoms with Gasteiger partial charge in [0.2, 0.25) is 0 Å². The standard InChI is InChI=1S/C7H10N4O2/c1-2-13-7(12)4-5(8)10-3-11-6(4)9/h3H,2H2,1H3,(H4,8,9,10,11). The number of hydrogen-bond donors (Lipinski definition) is 2. The van der Waals surface area contributed by atoms with Crippen molar-refractivity contribution in [1.82, 2.24) is 9.97 Å². The molecule has 4 N–H and O–H groups in total. The third-order valence-electron chi connectivity index (χ3n) is 1.39. The van der Waals surface area contributed by atoms with Gasteiger partial charge in [0.1, 0.15) is 23.5 Å². The van der Waals surface area contributed by atoms with Crippen LogP contribution in [0.1, 0.15) is 17.3 Å². The maximum atomic E-state index is 11.2. The van der Waals surface area contributed by atoms with Gasteiger partial charge in [0.25, 0.3) is 0 Å². The number of esters is 1. The van der Waals surface area contributed by atoms with Gasteiger partial charge in [-0.25, -0.2) is 14.8 Å². The maximum Gasteiger partial charge on any atom is 0.345 e. The first kappa shape index (κ1) is 9.24. The van der Waals surface area contributed by atoms with Crippen molar-refractivity contribution in [3.8, 4) is 0 Å². The molecule has 0 radical (unpaired) electrons. The van der Waals surface area contributed by atoms with Gasteiger partial charge in [-0.2, -0.15) is 0 Å². The maximum absolute atomic E-state index is 11.2. The molecule has 0 amide bonds. The Labute approximate surface area is 74.9 Å². The highest BCUT2D eigenvalue weighted by Gasteiger charge is 2.16. The highest BCUT2D eigenvalue weighted by atomic mass is 16.5. The Morgan fingerprint density at radius 1 is 1.46 bits per heavy atom. The van der Waals surface area contributed by atoms with E-state index in [4.69, 9.17) is 16.2 Å². The Kier molecular flexibility index (Phi) is 2.63. The summed E-state index contributed by atoms with van der Waals surface area (Å²) in [5.74, 6) is -0.532. The topological polar surface area (TPSA) is 104 Å². The third-order valence-corrected chi connectivity index (χ3v) is 1.39. The van der Waals surface area contributed by atoms with E-state index in [1.165, 1.54) is 6.33 Å². The Hall–Kier alpha value is -1.85. The summed E-state index contributed by atoms with van der Waals surface area (Å²) in [4.78, 5) is 18.5. The van der Waals surface area contributed by atoms with E-state index < -0.39 is 5.97 Å². The molecule has 0 aromatic carbocycles. The Balaban J connectivity index is 3.05. The molecule has 1 aromatic heterocycles. The van der Waals surface area contributed by atoms with Gasteiger partial charge in [-0.15, -0.1) is 0 Å². The minimum Gasteiger partial charge on any atom is -0.462 e. The zero-order valence-corrected chi connectivity index (χ0v) is 7.15. The number of aromatic nitrogens is 2. The van der Waals surface area contributed by atoms with E-state index in [-0.39, 0.29) is 23.8 Å². The number of nitrogen functional groups attached to an aromatic ring is 2. The van der Waals surface area contributed by atoms with Crippen molar-refractivity contribution in [2.45, 2.75) is 6.92 Å². The summed E-state index contributed by atoms with van der Waals surface area (Å²) >= 11 is 0. The van der Waals surface area contributed by atoms with Gasteiger partial charge in [0, 0.05) is 0 Å². The van der Waals surface area contributed by atoms with Crippen molar-refractivity contribution < 1.29 is 9.53 Å². The molecule has 0 bridgehead atoms. The number of rotatable bonds is 2. The van der Waals surface area contributed by atoms with E-state index in [0.717, 1.165) is 0 Å². The van der Waals surface area contributed by atoms with E-state index >= 15 is 0 Å². The first-order valence-corrected chi connectivity index (χ1v) is 3.69. The van der Waals surface area contributed by atoms with Crippen LogP contribution in [-0.4, -0.2) is 22.5 Å². The fraction of sp³-hybridized carbons (Fsp3) is 0.286. The molecule has 0 atom stereocenters. The van der Waals surface area contributed by atoms with Gasteiger partial charge < -0.3 is 16.2 Å². The van der Waals surface area contributed by atoms with Crippen molar-refractivity contribution in [2.24, 2.45) is 0 Å². The molecule has 13 heavy (non-hydrogen) atoms. The summed E-state index contributed by atoms with van der Waals surface area (Å²) in [5.41, 5.74) is 10.9. The quantitative estimate of drug-likeness (QED) is 0.614. The van der Waals surface area contributed by atoms with Crippen molar-refractivity contribution in [3.63, 3.8) is 0 Å². The second-order valence-electron chi connectivity index (χ2n) is 2.24. The molecule has 0 fully saturated rings. The Morgan fingerprint density at radius 3 is 2.46 bits per heavy atom. The zero-order chi connectivity index (χ0) is 9.84. The second-order valence-corrected chi connectivity index (χ2v) is 2.24. The Bertz CT molecular complexity index is 306. The summed E-state index contributed by atoms with van der Waals surface area (Å²) in [7, 11) is 0. The fourth-order valence-corrected chi connectivity index (χ4v) is 0.826. The molecule has 70 valence electrons. The fourth-order valence-electron chi connectivity index (χ4n) is 0.826. The van der Waals surface area contributed by atoms with Crippen LogP contribution in [0, 0.1) is 0 Å². The molecule has 0 aliphatic heterocycles. The van der Waals surface area contributed by atoms with Crippen LogP contribution in [0.15, 0.2) is 6.33 Å². The molecule has 0 saturated heterocycles. The summed E-state index contributed by atoms with van der Waals surface area (Å²) in [6, 6.07) is 0. The SMILES string of the molecule is CCOC(=O)c1c(N)ncnc1N. The van der Waals surface area contributed by atoms with Gasteiger partial charge >= 0.3 is 5.97 Å². The first-order chi connectivity index (χ1) is 6.16. The van der Waals surface area contributed by atoms with E-state index in [0.29, 0.717) is 0 Å². The number of hydrogen-bond acceptors (Lipinski definition) is 6. The van der Waals surface area contributed by atoms with Gasteiger partial charge in [-0.05, 0) is 6.92 Å². The highest BCUT2D eigenvalue weighted by Crippen LogP contribution is 2.14. The van der Waals surface area contributed by atoms with Crippen LogP contribution in [0.4, 0.5) is 11.6 Å². The minimum absolute atomic E-state index is 0.0318. The van der Waals surface area contributed by atoms with E-state index in [1.807, 2.05) is 0 Å². The molecular weight excluding hydrogens is 172 g/mol. The van der Waals surface area contributed by atoms with Gasteiger partial charge in [-0.1, -0.05) is 0 Å². The number of nitrogens with zero attached hydrogens (tertiary/aromatic N) is 2. The third kappa shape index (κ3) is 1.84. The van der Waals surface area contributed by atoms with Gasteiger partial charge in [-0.3, -0.25) is 0 Å². The van der Waals surface area contributed by atoms with Crippen molar-refractivity contribution in [1.29, 1.82) is 0 Å². The predicted octanol–water partition coefficient (Wildman–Crippen LogP) is -0.182. The van der Waals surface area contributed by atoms with Crippen molar-refractivity contribution >= 4 is 17.6 Å². The average Bonchev–Trinajstić information content (AvgIpc) is 2.04. The second kappa shape index (κ2) is 3.70. The molecule has 6 nitrogen and oxygen atoms in total. The molecule has 6 heteroatoms. The molecule has 0 unspecified atom stereocenters. The van der Waals surface area contributed by atoms with Crippen molar-refractivity contribution in [2.75, 3.05) is 18.1 Å². The lowest BCUT2D eigenvalue weighted by molar-refractivity contribution is 0.0528. The van der Waals surface area contributed by atoms with E-state index in [1.54, 1.807) is 6.92 Å². The molecule has 0 aliphatic rings. The smallest absolute Gasteiger partial charge is 0.345 e. The summed E-state index contributed by atoms with van der Waals surface area (Å²) < 4.78 is 4.71. The number of nitrogens with two attached hydrogens (primary N) is 2. The Morgan fingerprint density at radius 2 is 2.00 bits per heavy atom. The monoisotopic (exact) mass is 182 g/mol. The lowest BCUT2D eigenvalue weighted by atomic mass is 10.3. The molecule has 0 aliphatic carbocycles. The molecule has 1 aromatic rings. The molecule has 0 saturated carbocycles. The van der Waals surface area contributed by atoms with Crippen LogP contribution in [0.3, 0.4) is 0 Å². The van der Waals surface area contributed by atoms with Crippen LogP contribution >= 0.6 is 0 Å². The lowest BCUT2D eigenvalue weighted by Crippen LogP contribution is -2.13. The highest BCUT2D eigenvalue weighted by molar-refractivity contribution is 5.98. The van der Waals surface area contributed by atoms with Crippen molar-refractivity contribution in [3.05, 3.63) is 11.9 Å². The van der Waals surface area contributed by atoms with Gasteiger partial charge in [0.15, 0.2) is 0 Å². The predicted molar refractivity (Wildman–Crippen MR) is 46.8 cm³/mol. The van der Waals surface area contributed by atoms with Crippen LogP contribution < -0.4 is 11.5 Å². The zero-order valence-electron chi connectivity index (χ0n) is 7.15. The van der Waals surface area contributed by atoms with Crippen LogP contribution in [0.25, 0.3) is 0 Å². The van der Waals surface area contributed by atoms with Gasteiger partial charge in [0.05, 0.1) is 6.61 Å². The lowest BCUT2D eigenvalue weighted by Gasteiger charge is -2.05. The minimum atomic E-state index is -0.599. The average molecular weight is 182 g/mol. The number of carbonyl (C=O) groups excluding carboxylic acids is 1. The van der Waals surface area contributed by atoms with Crippen LogP contribution in [0.5, 0.6) is 0 Å². The summed E-state index contributed by atoms with van der Waals surface area (Å²) in [5, 5.41) is 0. The normalized spacial score (nSPS) is 9.62. The summed E-state index contributed by atoms with van der Waals surface area (Å²) in [6.45, 7) is 1.95. The molecule has 1 heterocycles. The number of ether oxygens (including phenoxy) is 1. The number of anilines is 2. The largest absolute Gasteiger partial charge is 0.462 e. The molecule has 1 rings (SSSR count). The number of carbonyl (C=O) groups is 1. The summed E-state index contributed by atoms with van der Waals surface area (Å²) in [6.07, 6.45) is 1.19. The first-order valence-electron chi connectivity index (χ1n) is 3.69. The van der Waals surface area contributed by atoms with Crippen LogP contribution in [-0.2, 0) is 4.74 Å².